The maximum absolute atomic E-state index is 13.2. The molecule has 5 atom stereocenters. The summed E-state index contributed by atoms with van der Waals surface area (Å²) in [7, 11) is 1.85. The van der Waals surface area contributed by atoms with Gasteiger partial charge in [-0.1, -0.05) is 55.0 Å². The van der Waals surface area contributed by atoms with E-state index in [1.54, 1.807) is 4.90 Å². The number of amides is 1. The van der Waals surface area contributed by atoms with Crippen LogP contribution in [0.25, 0.3) is 0 Å². The number of aliphatic hydroxyl groups excluding tert-OH is 1. The summed E-state index contributed by atoms with van der Waals surface area (Å²) in [5, 5.41) is 11.1. The van der Waals surface area contributed by atoms with E-state index in [9.17, 15) is 14.7 Å². The number of hydrogen-bond acceptors (Lipinski definition) is 3. The predicted molar refractivity (Wildman–Crippen MR) is 145 cm³/mol. The van der Waals surface area contributed by atoms with Crippen LogP contribution in [0.1, 0.15) is 79.3 Å². The second-order valence-electron chi connectivity index (χ2n) is 11.9. The number of ketones is 1. The molecule has 0 aliphatic heterocycles. The maximum Gasteiger partial charge on any atom is 0.253 e. The van der Waals surface area contributed by atoms with E-state index in [4.69, 9.17) is 0 Å². The Morgan fingerprint density at radius 2 is 1.76 bits per heavy atom. The highest BCUT2D eigenvalue weighted by Gasteiger charge is 2.56. The van der Waals surface area contributed by atoms with Crippen molar-refractivity contribution in [2.75, 3.05) is 7.05 Å². The quantitative estimate of drug-likeness (QED) is 0.548. The molecule has 0 radical (unpaired) electrons. The fourth-order valence-electron chi connectivity index (χ4n) is 7.94. The minimum Gasteiger partial charge on any atom is -0.393 e. The molecular formula is C33H37NO3. The summed E-state index contributed by atoms with van der Waals surface area (Å²) in [5.41, 5.74) is 7.16. The van der Waals surface area contributed by atoms with Crippen molar-refractivity contribution in [1.82, 2.24) is 4.90 Å². The van der Waals surface area contributed by atoms with Crippen LogP contribution in [-0.2, 0) is 11.3 Å². The first kappa shape index (κ1) is 24.4. The van der Waals surface area contributed by atoms with Gasteiger partial charge in [0.25, 0.3) is 5.91 Å². The smallest absolute Gasteiger partial charge is 0.253 e. The van der Waals surface area contributed by atoms with Crippen molar-refractivity contribution >= 4 is 11.7 Å². The maximum atomic E-state index is 13.2. The lowest BCUT2D eigenvalue weighted by Crippen LogP contribution is -2.45. The van der Waals surface area contributed by atoms with Gasteiger partial charge in [-0.05, 0) is 96.3 Å². The first-order chi connectivity index (χ1) is 17.8. The second kappa shape index (κ2) is 9.40. The van der Waals surface area contributed by atoms with Crippen LogP contribution in [0.4, 0.5) is 0 Å². The van der Waals surface area contributed by atoms with Gasteiger partial charge in [-0.2, -0.15) is 0 Å². The first-order valence-electron chi connectivity index (χ1n) is 13.9. The summed E-state index contributed by atoms with van der Waals surface area (Å²) >= 11 is 0. The number of carbonyl (C=O) groups excluding carboxylic acids is 2. The molecule has 4 aliphatic rings. The third-order valence-electron chi connectivity index (χ3n) is 9.85. The van der Waals surface area contributed by atoms with Crippen LogP contribution >= 0.6 is 0 Å². The number of rotatable bonds is 4. The third-order valence-corrected chi connectivity index (χ3v) is 9.85. The van der Waals surface area contributed by atoms with Crippen LogP contribution in [0.3, 0.4) is 0 Å². The Hall–Kier alpha value is -2.98. The zero-order valence-corrected chi connectivity index (χ0v) is 22.0. The van der Waals surface area contributed by atoms with Crippen LogP contribution in [0, 0.1) is 17.3 Å². The van der Waals surface area contributed by atoms with Crippen LogP contribution in [-0.4, -0.2) is 34.8 Å². The molecule has 4 nitrogen and oxygen atoms in total. The topological polar surface area (TPSA) is 57.6 Å². The predicted octanol–water partition coefficient (Wildman–Crippen LogP) is 6.22. The highest BCUT2D eigenvalue weighted by molar-refractivity contribution is 5.94. The van der Waals surface area contributed by atoms with Crippen molar-refractivity contribution in [3.05, 3.63) is 94.1 Å². The fraction of sp³-hybridized carbons (Fsp3) is 0.455. The average molecular weight is 496 g/mol. The van der Waals surface area contributed by atoms with Gasteiger partial charge in [-0.15, -0.1) is 0 Å². The minimum atomic E-state index is -0.260. The van der Waals surface area contributed by atoms with Crippen LogP contribution in [0.15, 0.2) is 77.4 Å². The molecule has 0 spiro atoms. The zero-order valence-electron chi connectivity index (χ0n) is 22.0. The van der Waals surface area contributed by atoms with E-state index in [-0.39, 0.29) is 29.1 Å². The molecule has 4 heteroatoms. The fourth-order valence-corrected chi connectivity index (χ4v) is 7.94. The molecule has 4 aliphatic carbocycles. The van der Waals surface area contributed by atoms with Crippen LogP contribution in [0.2, 0.25) is 0 Å². The van der Waals surface area contributed by atoms with Gasteiger partial charge in [0, 0.05) is 31.5 Å². The largest absolute Gasteiger partial charge is 0.393 e. The van der Waals surface area contributed by atoms with Gasteiger partial charge in [-0.25, -0.2) is 0 Å². The van der Waals surface area contributed by atoms with Gasteiger partial charge >= 0.3 is 0 Å². The zero-order chi connectivity index (χ0) is 25.7. The van der Waals surface area contributed by atoms with Gasteiger partial charge in [-0.3, -0.25) is 9.59 Å². The Labute approximate surface area is 220 Å². The lowest BCUT2D eigenvalue weighted by atomic mass is 9.53. The standard InChI is InChI=1S/C33H37NO3/c1-33-19-28(22-8-10-23(11-9-22)32(37)34(2)20-21-6-4-3-5-7-21)31-26-15-13-25(35)18-24(26)12-14-27(31)29(33)16-17-30(33)36/h3-11,18,27-30,36H,12-17,19-20H2,1-2H3. The van der Waals surface area contributed by atoms with Gasteiger partial charge in [0.15, 0.2) is 5.78 Å². The molecule has 0 bridgehead atoms. The molecule has 192 valence electrons. The Bertz CT molecular complexity index is 1270. The first-order valence-corrected chi connectivity index (χ1v) is 13.9. The molecule has 0 saturated heterocycles. The van der Waals surface area contributed by atoms with E-state index in [2.05, 4.69) is 19.1 Å². The molecule has 0 heterocycles. The van der Waals surface area contributed by atoms with Crippen molar-refractivity contribution in [2.24, 2.45) is 17.3 Å². The Kier molecular flexibility index (Phi) is 6.19. The number of benzene rings is 2. The lowest BCUT2D eigenvalue weighted by molar-refractivity contribution is -0.114. The third kappa shape index (κ3) is 4.20. The van der Waals surface area contributed by atoms with Crippen molar-refractivity contribution in [3.8, 4) is 0 Å². The highest BCUT2D eigenvalue weighted by atomic mass is 16.3. The van der Waals surface area contributed by atoms with Crippen molar-refractivity contribution in [2.45, 2.75) is 70.4 Å². The number of hydrogen-bond donors (Lipinski definition) is 1. The Balaban J connectivity index is 1.33. The van der Waals surface area contributed by atoms with E-state index in [0.29, 0.717) is 30.4 Å². The van der Waals surface area contributed by atoms with Crippen molar-refractivity contribution in [3.63, 3.8) is 0 Å². The number of nitrogens with zero attached hydrogens (tertiary/aromatic N) is 1. The summed E-state index contributed by atoms with van der Waals surface area (Å²) in [5.74, 6) is 1.48. The van der Waals surface area contributed by atoms with Gasteiger partial charge in [0.2, 0.25) is 0 Å². The average Bonchev–Trinajstić information content (AvgIpc) is 3.22. The van der Waals surface area contributed by atoms with Crippen LogP contribution in [0.5, 0.6) is 0 Å². The normalized spacial score (nSPS) is 30.8. The Morgan fingerprint density at radius 3 is 2.51 bits per heavy atom. The lowest BCUT2D eigenvalue weighted by Gasteiger charge is -2.52. The Morgan fingerprint density at radius 1 is 1.00 bits per heavy atom. The molecule has 1 N–H and O–H groups in total. The summed E-state index contributed by atoms with van der Waals surface area (Å²) in [6.45, 7) is 2.88. The number of allylic oxidation sites excluding steroid dienone is 4. The SMILES string of the molecule is CN(Cc1ccccc1)C(=O)c1ccc(C2CC3(C)C(O)CCC3C3CCC4=CC(=O)CCC4=C23)cc1. The van der Waals surface area contributed by atoms with Crippen LogP contribution < -0.4 is 0 Å². The molecule has 2 aromatic rings. The highest BCUT2D eigenvalue weighted by Crippen LogP contribution is 2.63. The van der Waals surface area contributed by atoms with E-state index >= 15 is 0 Å². The van der Waals surface area contributed by atoms with Gasteiger partial charge < -0.3 is 10.0 Å². The molecule has 0 aromatic heterocycles. The second-order valence-corrected chi connectivity index (χ2v) is 11.9. The summed E-state index contributed by atoms with van der Waals surface area (Å²) in [6, 6.07) is 18.3. The summed E-state index contributed by atoms with van der Waals surface area (Å²) in [6.07, 6.45) is 8.04. The number of fused-ring (bicyclic) bond motifs is 4. The van der Waals surface area contributed by atoms with Crippen molar-refractivity contribution < 1.29 is 14.7 Å². The molecular weight excluding hydrogens is 458 g/mol. The molecule has 37 heavy (non-hydrogen) atoms. The molecule has 5 unspecified atom stereocenters. The molecule has 2 saturated carbocycles. The van der Waals surface area contributed by atoms with Gasteiger partial charge in [0.05, 0.1) is 6.10 Å². The minimum absolute atomic E-state index is 0.0193. The monoisotopic (exact) mass is 495 g/mol. The molecule has 6 rings (SSSR count). The van der Waals surface area contributed by atoms with E-state index in [0.717, 1.165) is 44.1 Å². The van der Waals surface area contributed by atoms with Crippen molar-refractivity contribution in [1.29, 1.82) is 0 Å². The number of aliphatic hydroxyl groups is 1. The number of carbonyl (C=O) groups is 2. The van der Waals surface area contributed by atoms with E-state index in [1.165, 1.54) is 22.3 Å². The van der Waals surface area contributed by atoms with Gasteiger partial charge in [0.1, 0.15) is 0 Å². The molecule has 1 amide bonds. The molecule has 2 fully saturated rings. The molecule has 2 aromatic carbocycles. The van der Waals surface area contributed by atoms with E-state index in [1.807, 2.05) is 55.6 Å². The van der Waals surface area contributed by atoms with E-state index < -0.39 is 0 Å². The summed E-state index contributed by atoms with van der Waals surface area (Å²) < 4.78 is 0. The summed E-state index contributed by atoms with van der Waals surface area (Å²) in [4.78, 5) is 27.1.